The van der Waals surface area contributed by atoms with Gasteiger partial charge in [-0.1, -0.05) is 49.1 Å². The molecule has 1 aromatic carbocycles. The van der Waals surface area contributed by atoms with Gasteiger partial charge < -0.3 is 0 Å². The quantitative estimate of drug-likeness (QED) is 0.865. The van der Waals surface area contributed by atoms with E-state index in [1.807, 2.05) is 4.68 Å². The number of aryl methyl sites for hydroxylation is 1. The first kappa shape index (κ1) is 15.4. The van der Waals surface area contributed by atoms with Crippen LogP contribution in [0.2, 0.25) is 0 Å². The fourth-order valence-corrected chi connectivity index (χ4v) is 3.14. The van der Waals surface area contributed by atoms with Crippen molar-refractivity contribution in [2.75, 3.05) is 13.1 Å². The van der Waals surface area contributed by atoms with Crippen LogP contribution < -0.4 is 0 Å². The smallest absolute Gasteiger partial charge is 0.217 e. The first-order chi connectivity index (χ1) is 10.7. The average molecular weight is 316 g/mol. The summed E-state index contributed by atoms with van der Waals surface area (Å²) in [4.78, 5) is 6.99. The summed E-state index contributed by atoms with van der Waals surface area (Å²) in [7, 11) is 0. The maximum Gasteiger partial charge on any atom is 0.217 e. The Bertz CT molecular complexity index is 648. The van der Waals surface area contributed by atoms with Gasteiger partial charge in [0.25, 0.3) is 0 Å². The van der Waals surface area contributed by atoms with Crippen molar-refractivity contribution in [1.82, 2.24) is 19.7 Å². The molecule has 1 aliphatic heterocycles. The van der Waals surface area contributed by atoms with Gasteiger partial charge in [-0.15, -0.1) is 0 Å². The number of hydrogen-bond acceptors (Lipinski definition) is 3. The Morgan fingerprint density at radius 1 is 1.05 bits per heavy atom. The van der Waals surface area contributed by atoms with Crippen LogP contribution in [0.15, 0.2) is 24.3 Å². The summed E-state index contributed by atoms with van der Waals surface area (Å²) in [6, 6.07) is 8.37. The van der Waals surface area contributed by atoms with E-state index in [2.05, 4.69) is 46.2 Å². The zero-order valence-corrected chi connectivity index (χ0v) is 14.0. The summed E-state index contributed by atoms with van der Waals surface area (Å²) in [5.41, 5.74) is 2.34. The fraction of sp³-hybridized carbons (Fsp3) is 0.529. The highest BCUT2D eigenvalue weighted by atomic mass is 32.1. The van der Waals surface area contributed by atoms with Gasteiger partial charge in [-0.05, 0) is 45.1 Å². The summed E-state index contributed by atoms with van der Waals surface area (Å²) < 4.78 is 2.63. The molecule has 1 N–H and O–H groups in total. The lowest BCUT2D eigenvalue weighted by Gasteiger charge is -2.24. The molecule has 1 saturated heterocycles. The minimum Gasteiger partial charge on any atom is -0.284 e. The van der Waals surface area contributed by atoms with Crippen molar-refractivity contribution in [2.24, 2.45) is 0 Å². The molecule has 0 aliphatic carbocycles. The Balaban J connectivity index is 1.74. The molecule has 1 aromatic heterocycles. The van der Waals surface area contributed by atoms with E-state index in [9.17, 15) is 0 Å². The van der Waals surface area contributed by atoms with Crippen LogP contribution in [0.1, 0.15) is 37.7 Å². The molecule has 4 nitrogen and oxygen atoms in total. The highest BCUT2D eigenvalue weighted by Gasteiger charge is 2.11. The van der Waals surface area contributed by atoms with Crippen LogP contribution in [-0.4, -0.2) is 32.8 Å². The molecule has 118 valence electrons. The van der Waals surface area contributed by atoms with E-state index in [0.717, 1.165) is 31.1 Å². The van der Waals surface area contributed by atoms with Crippen LogP contribution in [0.3, 0.4) is 0 Å². The van der Waals surface area contributed by atoms with E-state index in [1.165, 1.54) is 37.7 Å². The van der Waals surface area contributed by atoms with Crippen molar-refractivity contribution in [3.63, 3.8) is 0 Å². The number of nitrogens with one attached hydrogen (secondary N) is 1. The molecule has 2 heterocycles. The van der Waals surface area contributed by atoms with E-state index < -0.39 is 0 Å². The van der Waals surface area contributed by atoms with Gasteiger partial charge in [-0.25, -0.2) is 4.68 Å². The fourth-order valence-electron chi connectivity index (χ4n) is 2.95. The third-order valence-corrected chi connectivity index (χ3v) is 4.61. The van der Waals surface area contributed by atoms with Gasteiger partial charge in [0.2, 0.25) is 4.77 Å². The highest BCUT2D eigenvalue weighted by Crippen LogP contribution is 2.16. The van der Waals surface area contributed by atoms with E-state index in [4.69, 9.17) is 12.2 Å². The normalized spacial score (nSPS) is 17.1. The van der Waals surface area contributed by atoms with Crippen molar-refractivity contribution in [2.45, 2.75) is 45.7 Å². The van der Waals surface area contributed by atoms with Crippen LogP contribution in [0, 0.1) is 11.7 Å². The van der Waals surface area contributed by atoms with Crippen molar-refractivity contribution in [3.05, 3.63) is 34.6 Å². The van der Waals surface area contributed by atoms with Crippen LogP contribution in [0.4, 0.5) is 0 Å². The summed E-state index contributed by atoms with van der Waals surface area (Å²) in [5.74, 6) is 0.858. The molecule has 5 heteroatoms. The number of nitrogens with zero attached hydrogens (tertiary/aromatic N) is 3. The molecule has 0 saturated carbocycles. The molecule has 3 rings (SSSR count). The van der Waals surface area contributed by atoms with E-state index >= 15 is 0 Å². The van der Waals surface area contributed by atoms with Gasteiger partial charge in [0.15, 0.2) is 5.82 Å². The molecule has 0 radical (unpaired) electrons. The zero-order valence-electron chi connectivity index (χ0n) is 13.2. The zero-order chi connectivity index (χ0) is 15.4. The lowest BCUT2D eigenvalue weighted by atomic mass is 10.1. The summed E-state index contributed by atoms with van der Waals surface area (Å²) in [5, 5.41) is 3.36. The number of aromatic amines is 1. The third kappa shape index (κ3) is 3.84. The minimum absolute atomic E-state index is 0.637. The molecule has 0 spiro atoms. The summed E-state index contributed by atoms with van der Waals surface area (Å²) >= 11 is 5.42. The molecule has 0 bridgehead atoms. The van der Waals surface area contributed by atoms with Gasteiger partial charge in [0.1, 0.15) is 0 Å². The standard InChI is InChI=1S/C17H24N4S/c1-14-7-9-15(10-8-14)16-18-17(22)21(19-16)13-20-11-5-3-2-4-6-12-20/h7-10H,2-6,11-13H2,1H3,(H,18,19,22). The SMILES string of the molecule is Cc1ccc(-c2nc(=S)n(CN3CCCCCCC3)[nH]2)cc1. The van der Waals surface area contributed by atoms with Crippen LogP contribution in [0.5, 0.6) is 0 Å². The lowest BCUT2D eigenvalue weighted by Crippen LogP contribution is -2.30. The Hall–Kier alpha value is -1.46. The number of benzene rings is 1. The van der Waals surface area contributed by atoms with E-state index in [0.29, 0.717) is 4.77 Å². The van der Waals surface area contributed by atoms with Crippen molar-refractivity contribution >= 4 is 12.2 Å². The maximum absolute atomic E-state index is 5.42. The van der Waals surface area contributed by atoms with Crippen molar-refractivity contribution in [3.8, 4) is 11.4 Å². The Morgan fingerprint density at radius 2 is 1.68 bits per heavy atom. The first-order valence-electron chi connectivity index (χ1n) is 8.18. The molecule has 2 aromatic rings. The van der Waals surface area contributed by atoms with Crippen molar-refractivity contribution < 1.29 is 0 Å². The molecule has 0 atom stereocenters. The van der Waals surface area contributed by atoms with Crippen molar-refractivity contribution in [1.29, 1.82) is 0 Å². The third-order valence-electron chi connectivity index (χ3n) is 4.29. The van der Waals surface area contributed by atoms with Gasteiger partial charge in [-0.2, -0.15) is 4.98 Å². The Kier molecular flexibility index (Phi) is 5.05. The van der Waals surface area contributed by atoms with Gasteiger partial charge >= 0.3 is 0 Å². The first-order valence-corrected chi connectivity index (χ1v) is 8.59. The molecule has 1 fully saturated rings. The second-order valence-corrected chi connectivity index (χ2v) is 6.54. The predicted octanol–water partition coefficient (Wildman–Crippen LogP) is 4.14. The number of rotatable bonds is 3. The Morgan fingerprint density at radius 3 is 2.36 bits per heavy atom. The van der Waals surface area contributed by atoms with Crippen LogP contribution >= 0.6 is 12.2 Å². The molecular formula is C17H24N4S. The predicted molar refractivity (Wildman–Crippen MR) is 92.2 cm³/mol. The molecular weight excluding hydrogens is 292 g/mol. The molecule has 22 heavy (non-hydrogen) atoms. The second kappa shape index (κ2) is 7.20. The summed E-state index contributed by atoms with van der Waals surface area (Å²) in [6.07, 6.45) is 6.65. The molecule has 0 amide bonds. The maximum atomic E-state index is 5.42. The average Bonchev–Trinajstić information content (AvgIpc) is 2.83. The van der Waals surface area contributed by atoms with E-state index in [1.54, 1.807) is 0 Å². The largest absolute Gasteiger partial charge is 0.284 e. The van der Waals surface area contributed by atoms with Gasteiger partial charge in [0.05, 0.1) is 6.67 Å². The Labute approximate surface area is 137 Å². The summed E-state index contributed by atoms with van der Waals surface area (Å²) in [6.45, 7) is 5.21. The second-order valence-electron chi connectivity index (χ2n) is 6.18. The topological polar surface area (TPSA) is 36.9 Å². The minimum atomic E-state index is 0.637. The number of H-pyrrole nitrogens is 1. The molecule has 1 aliphatic rings. The highest BCUT2D eigenvalue weighted by molar-refractivity contribution is 7.71. The van der Waals surface area contributed by atoms with Gasteiger partial charge in [-0.3, -0.25) is 10.00 Å². The monoisotopic (exact) mass is 316 g/mol. The van der Waals surface area contributed by atoms with Gasteiger partial charge in [0, 0.05) is 5.56 Å². The molecule has 0 unspecified atom stereocenters. The lowest BCUT2D eigenvalue weighted by molar-refractivity contribution is 0.188. The number of aromatic nitrogens is 3. The van der Waals surface area contributed by atoms with E-state index in [-0.39, 0.29) is 0 Å². The van der Waals surface area contributed by atoms with Crippen LogP contribution in [0.25, 0.3) is 11.4 Å². The number of hydrogen-bond donors (Lipinski definition) is 1. The van der Waals surface area contributed by atoms with Crippen LogP contribution in [-0.2, 0) is 6.67 Å². The number of likely N-dealkylation sites (tertiary alicyclic amines) is 1.